The van der Waals surface area contributed by atoms with Crippen LogP contribution < -0.4 is 5.32 Å². The summed E-state index contributed by atoms with van der Waals surface area (Å²) in [5, 5.41) is 11.5. The van der Waals surface area contributed by atoms with E-state index < -0.39 is 11.2 Å². The van der Waals surface area contributed by atoms with Crippen LogP contribution in [0.25, 0.3) is 0 Å². The molecule has 20 heavy (non-hydrogen) atoms. The average molecular weight is 303 g/mol. The van der Waals surface area contributed by atoms with Crippen molar-refractivity contribution in [1.29, 1.82) is 0 Å². The maximum Gasteiger partial charge on any atom is 0.316 e. The van der Waals surface area contributed by atoms with Gasteiger partial charge in [0.05, 0.1) is 5.75 Å². The lowest BCUT2D eigenvalue weighted by molar-refractivity contribution is -0.137. The molecule has 0 aromatic carbocycles. The smallest absolute Gasteiger partial charge is 0.316 e. The summed E-state index contributed by atoms with van der Waals surface area (Å²) in [5.41, 5.74) is 0. The van der Waals surface area contributed by atoms with Crippen molar-refractivity contribution in [2.24, 2.45) is 11.8 Å². The van der Waals surface area contributed by atoms with Gasteiger partial charge in [-0.15, -0.1) is 11.8 Å². The largest absolute Gasteiger partial charge is 0.480 e. The van der Waals surface area contributed by atoms with Crippen LogP contribution in [0.2, 0.25) is 0 Å². The standard InChI is InChI=1S/C15H29NO3S/c1-10(2)7-6-8-12(5)16-13(17)9-20-14(11(3)4)15(18)19/h10-12,14H,6-9H2,1-5H3,(H,16,17)(H,18,19). The second kappa shape index (κ2) is 10.1. The molecule has 2 atom stereocenters. The molecule has 0 fully saturated rings. The third-order valence-corrected chi connectivity index (χ3v) is 4.60. The number of carbonyl (C=O) groups excluding carboxylic acids is 1. The Morgan fingerprint density at radius 2 is 1.70 bits per heavy atom. The highest BCUT2D eigenvalue weighted by Gasteiger charge is 2.23. The third kappa shape index (κ3) is 9.23. The van der Waals surface area contributed by atoms with E-state index in [4.69, 9.17) is 5.11 Å². The van der Waals surface area contributed by atoms with Gasteiger partial charge in [0.2, 0.25) is 5.91 Å². The molecule has 0 aromatic heterocycles. The lowest BCUT2D eigenvalue weighted by Crippen LogP contribution is -2.35. The highest BCUT2D eigenvalue weighted by atomic mass is 32.2. The van der Waals surface area contributed by atoms with Gasteiger partial charge in [-0.05, 0) is 25.2 Å². The Balaban J connectivity index is 3.95. The van der Waals surface area contributed by atoms with E-state index in [2.05, 4.69) is 19.2 Å². The SMILES string of the molecule is CC(C)CCCC(C)NC(=O)CSC(C(=O)O)C(C)C. The van der Waals surface area contributed by atoms with Gasteiger partial charge >= 0.3 is 5.97 Å². The number of amides is 1. The Hall–Kier alpha value is -0.710. The number of hydrogen-bond acceptors (Lipinski definition) is 3. The predicted octanol–water partition coefficient (Wildman–Crippen LogP) is 3.16. The molecule has 118 valence electrons. The van der Waals surface area contributed by atoms with Crippen molar-refractivity contribution in [3.63, 3.8) is 0 Å². The molecule has 0 saturated heterocycles. The quantitative estimate of drug-likeness (QED) is 0.650. The topological polar surface area (TPSA) is 66.4 Å². The van der Waals surface area contributed by atoms with Crippen molar-refractivity contribution in [2.45, 2.75) is 65.2 Å². The van der Waals surface area contributed by atoms with Crippen LogP contribution in [0.15, 0.2) is 0 Å². The number of nitrogens with one attached hydrogen (secondary N) is 1. The van der Waals surface area contributed by atoms with E-state index in [9.17, 15) is 9.59 Å². The summed E-state index contributed by atoms with van der Waals surface area (Å²) in [4.78, 5) is 22.8. The van der Waals surface area contributed by atoms with Gasteiger partial charge in [-0.2, -0.15) is 0 Å². The van der Waals surface area contributed by atoms with Gasteiger partial charge in [-0.25, -0.2) is 0 Å². The molecule has 0 aromatic rings. The maximum absolute atomic E-state index is 11.8. The molecular weight excluding hydrogens is 274 g/mol. The zero-order valence-electron chi connectivity index (χ0n) is 13.3. The van der Waals surface area contributed by atoms with Crippen LogP contribution in [0.5, 0.6) is 0 Å². The van der Waals surface area contributed by atoms with Crippen LogP contribution >= 0.6 is 11.8 Å². The summed E-state index contributed by atoms with van der Waals surface area (Å²) < 4.78 is 0. The Morgan fingerprint density at radius 3 is 2.15 bits per heavy atom. The molecule has 5 heteroatoms. The highest BCUT2D eigenvalue weighted by Crippen LogP contribution is 2.19. The maximum atomic E-state index is 11.8. The summed E-state index contributed by atoms with van der Waals surface area (Å²) in [5.74, 6) is 0.00949. The molecule has 0 spiro atoms. The molecule has 0 radical (unpaired) electrons. The van der Waals surface area contributed by atoms with E-state index >= 15 is 0 Å². The van der Waals surface area contributed by atoms with E-state index in [0.717, 1.165) is 12.8 Å². The minimum absolute atomic E-state index is 0.0220. The Labute approximate surface area is 127 Å². The van der Waals surface area contributed by atoms with Crippen LogP contribution in [0.4, 0.5) is 0 Å². The lowest BCUT2D eigenvalue weighted by atomic mass is 10.0. The number of thioether (sulfide) groups is 1. The second-order valence-corrected chi connectivity index (χ2v) is 7.24. The molecule has 1 amide bonds. The first-order chi connectivity index (χ1) is 9.23. The third-order valence-electron chi connectivity index (χ3n) is 3.07. The molecule has 0 aliphatic heterocycles. The highest BCUT2D eigenvalue weighted by molar-refractivity contribution is 8.01. The molecule has 0 aliphatic carbocycles. The Kier molecular flexibility index (Phi) is 9.72. The van der Waals surface area contributed by atoms with E-state index in [-0.39, 0.29) is 23.6 Å². The molecule has 0 heterocycles. The summed E-state index contributed by atoms with van der Waals surface area (Å²) in [6.07, 6.45) is 3.25. The van der Waals surface area contributed by atoms with E-state index in [1.807, 2.05) is 20.8 Å². The number of carboxylic acids is 1. The first-order valence-electron chi connectivity index (χ1n) is 7.37. The number of carboxylic acid groups (broad SMARTS) is 1. The van der Waals surface area contributed by atoms with Crippen molar-refractivity contribution >= 4 is 23.6 Å². The predicted molar refractivity (Wildman–Crippen MR) is 85.0 cm³/mol. The molecule has 0 aliphatic rings. The van der Waals surface area contributed by atoms with Gasteiger partial charge in [0.15, 0.2) is 0 Å². The van der Waals surface area contributed by atoms with Crippen LogP contribution in [0.3, 0.4) is 0 Å². The molecule has 0 rings (SSSR count). The number of carbonyl (C=O) groups is 2. The van der Waals surface area contributed by atoms with Crippen molar-refractivity contribution in [2.75, 3.05) is 5.75 Å². The van der Waals surface area contributed by atoms with Gasteiger partial charge in [0.1, 0.15) is 5.25 Å². The lowest BCUT2D eigenvalue weighted by Gasteiger charge is -2.17. The van der Waals surface area contributed by atoms with Gasteiger partial charge in [0, 0.05) is 6.04 Å². The van der Waals surface area contributed by atoms with Gasteiger partial charge in [-0.1, -0.05) is 40.5 Å². The average Bonchev–Trinajstić information content (AvgIpc) is 2.27. The van der Waals surface area contributed by atoms with Crippen LogP contribution in [0, 0.1) is 11.8 Å². The number of rotatable bonds is 10. The molecule has 2 N–H and O–H groups in total. The molecule has 0 saturated carbocycles. The second-order valence-electron chi connectivity index (χ2n) is 6.11. The summed E-state index contributed by atoms with van der Waals surface area (Å²) in [6.45, 7) is 10.1. The normalized spacial score (nSPS) is 14.3. The van der Waals surface area contributed by atoms with Crippen molar-refractivity contribution in [3.05, 3.63) is 0 Å². The van der Waals surface area contributed by atoms with E-state index in [0.29, 0.717) is 5.92 Å². The van der Waals surface area contributed by atoms with Crippen LogP contribution in [-0.4, -0.2) is 34.0 Å². The number of aliphatic carboxylic acids is 1. The Bertz CT molecular complexity index is 305. The minimum Gasteiger partial charge on any atom is -0.480 e. The molecule has 4 nitrogen and oxygen atoms in total. The summed E-state index contributed by atoms with van der Waals surface area (Å²) in [6, 6.07) is 0.157. The minimum atomic E-state index is -0.845. The monoisotopic (exact) mass is 303 g/mol. The summed E-state index contributed by atoms with van der Waals surface area (Å²) in [7, 11) is 0. The van der Waals surface area contributed by atoms with Crippen LogP contribution in [-0.2, 0) is 9.59 Å². The first kappa shape index (κ1) is 19.3. The van der Waals surface area contributed by atoms with Crippen LogP contribution in [0.1, 0.15) is 53.9 Å². The zero-order chi connectivity index (χ0) is 15.7. The van der Waals surface area contributed by atoms with Crippen molar-refractivity contribution in [3.8, 4) is 0 Å². The zero-order valence-corrected chi connectivity index (χ0v) is 14.1. The van der Waals surface area contributed by atoms with E-state index in [1.165, 1.54) is 18.2 Å². The number of hydrogen-bond donors (Lipinski definition) is 2. The van der Waals surface area contributed by atoms with Crippen molar-refractivity contribution < 1.29 is 14.7 Å². The van der Waals surface area contributed by atoms with E-state index in [1.54, 1.807) is 0 Å². The Morgan fingerprint density at radius 1 is 1.10 bits per heavy atom. The van der Waals surface area contributed by atoms with Gasteiger partial charge in [0.25, 0.3) is 0 Å². The molecular formula is C15H29NO3S. The van der Waals surface area contributed by atoms with Gasteiger partial charge < -0.3 is 10.4 Å². The first-order valence-corrected chi connectivity index (χ1v) is 8.42. The fraction of sp³-hybridized carbons (Fsp3) is 0.867. The van der Waals surface area contributed by atoms with Gasteiger partial charge in [-0.3, -0.25) is 9.59 Å². The summed E-state index contributed by atoms with van der Waals surface area (Å²) >= 11 is 1.20. The van der Waals surface area contributed by atoms with Crippen molar-refractivity contribution in [1.82, 2.24) is 5.32 Å². The fourth-order valence-corrected chi connectivity index (χ4v) is 2.88. The fourth-order valence-electron chi connectivity index (χ4n) is 1.94. The molecule has 2 unspecified atom stereocenters. The molecule has 0 bridgehead atoms.